The maximum Gasteiger partial charge on any atom is 0.208 e. The third kappa shape index (κ3) is 4.60. The van der Waals surface area contributed by atoms with Crippen molar-refractivity contribution in [3.63, 3.8) is 0 Å². The first-order valence-electron chi connectivity index (χ1n) is 6.65. The maximum absolute atomic E-state index is 11.2. The van der Waals surface area contributed by atoms with Crippen molar-refractivity contribution < 1.29 is 8.42 Å². The SMILES string of the molecule is CS(=O)(=O)NC1CCN(Cc2cccc(C#N)c2)CC1. The van der Waals surface area contributed by atoms with Gasteiger partial charge in [-0.1, -0.05) is 12.1 Å². The Labute approximate surface area is 120 Å². The Morgan fingerprint density at radius 3 is 2.70 bits per heavy atom. The molecule has 1 aliphatic heterocycles. The fourth-order valence-electron chi connectivity index (χ4n) is 2.51. The van der Waals surface area contributed by atoms with E-state index in [1.807, 2.05) is 18.2 Å². The summed E-state index contributed by atoms with van der Waals surface area (Å²) in [6.07, 6.45) is 2.85. The summed E-state index contributed by atoms with van der Waals surface area (Å²) in [7, 11) is -3.11. The number of piperidine rings is 1. The fraction of sp³-hybridized carbons (Fsp3) is 0.500. The lowest BCUT2D eigenvalue weighted by atomic mass is 10.0. The van der Waals surface area contributed by atoms with Crippen molar-refractivity contribution in [2.45, 2.75) is 25.4 Å². The molecule has 0 amide bonds. The monoisotopic (exact) mass is 293 g/mol. The number of nitrogens with one attached hydrogen (secondary N) is 1. The number of nitriles is 1. The number of sulfonamides is 1. The Bertz CT molecular complexity index is 599. The van der Waals surface area contributed by atoms with E-state index in [2.05, 4.69) is 15.7 Å². The van der Waals surface area contributed by atoms with Gasteiger partial charge >= 0.3 is 0 Å². The van der Waals surface area contributed by atoms with Crippen molar-refractivity contribution in [2.75, 3.05) is 19.3 Å². The van der Waals surface area contributed by atoms with Crippen LogP contribution < -0.4 is 4.72 Å². The van der Waals surface area contributed by atoms with E-state index in [1.165, 1.54) is 6.26 Å². The molecule has 0 unspecified atom stereocenters. The highest BCUT2D eigenvalue weighted by molar-refractivity contribution is 7.88. The predicted molar refractivity (Wildman–Crippen MR) is 77.4 cm³/mol. The van der Waals surface area contributed by atoms with Crippen LogP contribution in [-0.2, 0) is 16.6 Å². The molecule has 1 fully saturated rings. The molecule has 0 saturated carbocycles. The van der Waals surface area contributed by atoms with Gasteiger partial charge in [-0.3, -0.25) is 4.90 Å². The molecule has 108 valence electrons. The highest BCUT2D eigenvalue weighted by Gasteiger charge is 2.21. The molecule has 1 aliphatic rings. The lowest BCUT2D eigenvalue weighted by Gasteiger charge is -2.31. The van der Waals surface area contributed by atoms with Crippen molar-refractivity contribution in [3.8, 4) is 6.07 Å². The summed E-state index contributed by atoms with van der Waals surface area (Å²) in [6.45, 7) is 2.54. The lowest BCUT2D eigenvalue weighted by Crippen LogP contribution is -2.43. The summed E-state index contributed by atoms with van der Waals surface area (Å²) in [6, 6.07) is 9.80. The van der Waals surface area contributed by atoms with E-state index < -0.39 is 10.0 Å². The van der Waals surface area contributed by atoms with Crippen molar-refractivity contribution in [3.05, 3.63) is 35.4 Å². The standard InChI is InChI=1S/C14H19N3O2S/c1-20(18,19)16-14-5-7-17(8-6-14)11-13-4-2-3-12(9-13)10-15/h2-4,9,14,16H,5-8,11H2,1H3. The van der Waals surface area contributed by atoms with Gasteiger partial charge in [-0.2, -0.15) is 5.26 Å². The normalized spacial score (nSPS) is 17.8. The number of rotatable bonds is 4. The molecule has 1 saturated heterocycles. The average molecular weight is 293 g/mol. The molecule has 0 aliphatic carbocycles. The maximum atomic E-state index is 11.2. The topological polar surface area (TPSA) is 73.2 Å². The molecule has 20 heavy (non-hydrogen) atoms. The summed E-state index contributed by atoms with van der Waals surface area (Å²) in [5, 5.41) is 8.88. The fourth-order valence-corrected chi connectivity index (χ4v) is 3.35. The third-order valence-corrected chi connectivity index (χ3v) is 4.19. The Morgan fingerprint density at radius 2 is 2.10 bits per heavy atom. The molecule has 6 heteroatoms. The summed E-state index contributed by atoms with van der Waals surface area (Å²) >= 11 is 0. The Kier molecular flexibility index (Phi) is 4.76. The largest absolute Gasteiger partial charge is 0.299 e. The van der Waals surface area contributed by atoms with Crippen LogP contribution in [0, 0.1) is 11.3 Å². The second kappa shape index (κ2) is 6.35. The van der Waals surface area contributed by atoms with Crippen LogP contribution in [0.25, 0.3) is 0 Å². The summed E-state index contributed by atoms with van der Waals surface area (Å²) in [5.41, 5.74) is 1.80. The van der Waals surface area contributed by atoms with Gasteiger partial charge in [0.05, 0.1) is 17.9 Å². The second-order valence-electron chi connectivity index (χ2n) is 5.25. The van der Waals surface area contributed by atoms with Gasteiger partial charge in [-0.05, 0) is 30.5 Å². The van der Waals surface area contributed by atoms with Gasteiger partial charge in [0.2, 0.25) is 10.0 Å². The zero-order valence-corrected chi connectivity index (χ0v) is 12.4. The zero-order chi connectivity index (χ0) is 14.6. The highest BCUT2D eigenvalue weighted by atomic mass is 32.2. The number of nitrogens with zero attached hydrogens (tertiary/aromatic N) is 2. The van der Waals surface area contributed by atoms with Crippen LogP contribution in [0.3, 0.4) is 0 Å². The highest BCUT2D eigenvalue weighted by Crippen LogP contribution is 2.15. The van der Waals surface area contributed by atoms with Crippen LogP contribution >= 0.6 is 0 Å². The zero-order valence-electron chi connectivity index (χ0n) is 11.5. The number of hydrogen-bond acceptors (Lipinski definition) is 4. The first kappa shape index (κ1) is 15.0. The molecule has 0 spiro atoms. The average Bonchev–Trinajstić information content (AvgIpc) is 2.40. The van der Waals surface area contributed by atoms with Gasteiger partial charge in [-0.15, -0.1) is 0 Å². The van der Waals surface area contributed by atoms with Crippen LogP contribution in [0.1, 0.15) is 24.0 Å². The van der Waals surface area contributed by atoms with E-state index in [0.717, 1.165) is 38.0 Å². The predicted octanol–water partition coefficient (Wildman–Crippen LogP) is 1.07. The van der Waals surface area contributed by atoms with Gasteiger partial charge in [-0.25, -0.2) is 13.1 Å². The molecule has 1 aromatic carbocycles. The van der Waals surface area contributed by atoms with E-state index in [0.29, 0.717) is 5.56 Å². The quantitative estimate of drug-likeness (QED) is 0.901. The van der Waals surface area contributed by atoms with Crippen LogP contribution in [0.4, 0.5) is 0 Å². The number of benzene rings is 1. The van der Waals surface area contributed by atoms with Gasteiger partial charge < -0.3 is 0 Å². The molecular formula is C14H19N3O2S. The lowest BCUT2D eigenvalue weighted by molar-refractivity contribution is 0.200. The smallest absolute Gasteiger partial charge is 0.208 e. The molecular weight excluding hydrogens is 274 g/mol. The second-order valence-corrected chi connectivity index (χ2v) is 7.03. The molecule has 0 atom stereocenters. The minimum Gasteiger partial charge on any atom is -0.299 e. The van der Waals surface area contributed by atoms with Crippen molar-refractivity contribution >= 4 is 10.0 Å². The Balaban J connectivity index is 1.87. The van der Waals surface area contributed by atoms with Gasteiger partial charge in [0.25, 0.3) is 0 Å². The molecule has 0 bridgehead atoms. The summed E-state index contributed by atoms with van der Waals surface area (Å²) < 4.78 is 25.0. The van der Waals surface area contributed by atoms with E-state index in [1.54, 1.807) is 6.07 Å². The van der Waals surface area contributed by atoms with Gasteiger partial charge in [0.15, 0.2) is 0 Å². The Morgan fingerprint density at radius 1 is 1.40 bits per heavy atom. The van der Waals surface area contributed by atoms with E-state index in [4.69, 9.17) is 5.26 Å². The van der Waals surface area contributed by atoms with Crippen LogP contribution in [0.2, 0.25) is 0 Å². The molecule has 0 radical (unpaired) electrons. The van der Waals surface area contributed by atoms with Crippen molar-refractivity contribution in [1.29, 1.82) is 5.26 Å². The third-order valence-electron chi connectivity index (χ3n) is 3.43. The first-order chi connectivity index (χ1) is 9.46. The number of likely N-dealkylation sites (tertiary alicyclic amines) is 1. The van der Waals surface area contributed by atoms with E-state index in [-0.39, 0.29) is 6.04 Å². The van der Waals surface area contributed by atoms with Crippen molar-refractivity contribution in [1.82, 2.24) is 9.62 Å². The molecule has 0 aromatic heterocycles. The van der Waals surface area contributed by atoms with Crippen molar-refractivity contribution in [2.24, 2.45) is 0 Å². The number of hydrogen-bond donors (Lipinski definition) is 1. The first-order valence-corrected chi connectivity index (χ1v) is 8.54. The molecule has 5 nitrogen and oxygen atoms in total. The minimum atomic E-state index is -3.11. The van der Waals surface area contributed by atoms with Gasteiger partial charge in [0.1, 0.15) is 0 Å². The molecule has 1 N–H and O–H groups in total. The summed E-state index contributed by atoms with van der Waals surface area (Å²) in [4.78, 5) is 2.29. The molecule has 1 aromatic rings. The van der Waals surface area contributed by atoms with Gasteiger partial charge in [0, 0.05) is 25.7 Å². The van der Waals surface area contributed by atoms with E-state index in [9.17, 15) is 8.42 Å². The minimum absolute atomic E-state index is 0.0479. The van der Waals surface area contributed by atoms with E-state index >= 15 is 0 Å². The Hall–Kier alpha value is -1.42. The molecule has 2 rings (SSSR count). The van der Waals surface area contributed by atoms with Crippen LogP contribution in [-0.4, -0.2) is 38.7 Å². The van der Waals surface area contributed by atoms with Crippen LogP contribution in [0.15, 0.2) is 24.3 Å². The van der Waals surface area contributed by atoms with Crippen LogP contribution in [0.5, 0.6) is 0 Å². The molecule has 1 heterocycles. The summed E-state index contributed by atoms with van der Waals surface area (Å²) in [5.74, 6) is 0.